The maximum atomic E-state index is 12.5. The maximum Gasteiger partial charge on any atom is 0.260 e. The van der Waals surface area contributed by atoms with Crippen LogP contribution >= 0.6 is 0 Å². The zero-order valence-electron chi connectivity index (χ0n) is 17.0. The molecule has 26 heavy (non-hydrogen) atoms. The van der Waals surface area contributed by atoms with Gasteiger partial charge in [-0.3, -0.25) is 9.59 Å². The van der Waals surface area contributed by atoms with E-state index in [2.05, 4.69) is 26.0 Å². The molecule has 1 fully saturated rings. The second kappa shape index (κ2) is 8.11. The van der Waals surface area contributed by atoms with Crippen LogP contribution in [0.5, 0.6) is 5.75 Å². The first-order valence-electron chi connectivity index (χ1n) is 9.40. The molecule has 1 aliphatic heterocycles. The smallest absolute Gasteiger partial charge is 0.260 e. The Bertz CT molecular complexity index is 654. The van der Waals surface area contributed by atoms with E-state index < -0.39 is 0 Å². The predicted molar refractivity (Wildman–Crippen MR) is 103 cm³/mol. The van der Waals surface area contributed by atoms with Gasteiger partial charge in [0.25, 0.3) is 5.91 Å². The molecular weight excluding hydrogens is 328 g/mol. The molecule has 1 aromatic carbocycles. The van der Waals surface area contributed by atoms with Crippen LogP contribution in [-0.4, -0.2) is 54.4 Å². The van der Waals surface area contributed by atoms with E-state index in [0.29, 0.717) is 32.1 Å². The maximum absolute atomic E-state index is 12.5. The van der Waals surface area contributed by atoms with Crippen molar-refractivity contribution >= 4 is 11.8 Å². The molecule has 0 unspecified atom stereocenters. The average Bonchev–Trinajstić information content (AvgIpc) is 2.58. The topological polar surface area (TPSA) is 49.9 Å². The minimum Gasteiger partial charge on any atom is -0.483 e. The Morgan fingerprint density at radius 3 is 2.19 bits per heavy atom. The highest BCUT2D eigenvalue weighted by atomic mass is 16.5. The number of rotatable bonds is 4. The van der Waals surface area contributed by atoms with Gasteiger partial charge in [0.2, 0.25) is 5.91 Å². The van der Waals surface area contributed by atoms with Crippen molar-refractivity contribution in [2.75, 3.05) is 32.8 Å². The molecule has 1 aliphatic rings. The Morgan fingerprint density at radius 1 is 1.08 bits per heavy atom. The number of amides is 2. The monoisotopic (exact) mass is 360 g/mol. The number of hydrogen-bond donors (Lipinski definition) is 0. The van der Waals surface area contributed by atoms with E-state index >= 15 is 0 Å². The second-order valence-corrected chi connectivity index (χ2v) is 8.41. The molecule has 0 aromatic heterocycles. The van der Waals surface area contributed by atoms with E-state index in [1.807, 2.05) is 38.7 Å². The van der Waals surface area contributed by atoms with Crippen LogP contribution in [0.25, 0.3) is 0 Å². The molecule has 0 radical (unpaired) electrons. The van der Waals surface area contributed by atoms with E-state index in [-0.39, 0.29) is 23.8 Å². The fourth-order valence-electron chi connectivity index (χ4n) is 3.11. The van der Waals surface area contributed by atoms with Crippen LogP contribution in [0.2, 0.25) is 0 Å². The number of benzene rings is 1. The molecule has 0 bridgehead atoms. The SMILES string of the molecule is Cc1ccc(C(C)C)c(OCC(=O)N2CCN(C(=O)C(C)(C)C)CC2)c1. The summed E-state index contributed by atoms with van der Waals surface area (Å²) in [5, 5.41) is 0. The van der Waals surface area contributed by atoms with Crippen LogP contribution in [0.3, 0.4) is 0 Å². The van der Waals surface area contributed by atoms with Crippen molar-refractivity contribution in [3.05, 3.63) is 29.3 Å². The molecule has 144 valence electrons. The first-order valence-corrected chi connectivity index (χ1v) is 9.40. The fourth-order valence-corrected chi connectivity index (χ4v) is 3.11. The summed E-state index contributed by atoms with van der Waals surface area (Å²) in [5.74, 6) is 1.24. The van der Waals surface area contributed by atoms with Crippen molar-refractivity contribution in [2.24, 2.45) is 5.41 Å². The summed E-state index contributed by atoms with van der Waals surface area (Å²) in [6, 6.07) is 6.12. The van der Waals surface area contributed by atoms with Crippen LogP contribution in [0, 0.1) is 12.3 Å². The Hall–Kier alpha value is -2.04. The zero-order valence-corrected chi connectivity index (χ0v) is 17.0. The molecule has 0 spiro atoms. The third-order valence-electron chi connectivity index (χ3n) is 4.70. The highest BCUT2D eigenvalue weighted by molar-refractivity contribution is 5.82. The predicted octanol–water partition coefficient (Wildman–Crippen LogP) is 3.21. The van der Waals surface area contributed by atoms with E-state index in [1.165, 1.54) is 0 Å². The van der Waals surface area contributed by atoms with Gasteiger partial charge >= 0.3 is 0 Å². The lowest BCUT2D eigenvalue weighted by atomic mass is 9.94. The molecule has 0 aliphatic carbocycles. The highest BCUT2D eigenvalue weighted by Crippen LogP contribution is 2.27. The number of carbonyl (C=O) groups is 2. The number of carbonyl (C=O) groups excluding carboxylic acids is 2. The van der Waals surface area contributed by atoms with Gasteiger partial charge in [0.15, 0.2) is 6.61 Å². The summed E-state index contributed by atoms with van der Waals surface area (Å²) >= 11 is 0. The van der Waals surface area contributed by atoms with E-state index in [4.69, 9.17) is 4.74 Å². The second-order valence-electron chi connectivity index (χ2n) is 8.41. The van der Waals surface area contributed by atoms with Gasteiger partial charge in [-0.2, -0.15) is 0 Å². The third kappa shape index (κ3) is 4.99. The molecule has 0 N–H and O–H groups in total. The summed E-state index contributed by atoms with van der Waals surface area (Å²) in [7, 11) is 0. The number of ether oxygens (including phenoxy) is 1. The molecule has 1 saturated heterocycles. The highest BCUT2D eigenvalue weighted by Gasteiger charge is 2.30. The minimum absolute atomic E-state index is 0.0240. The molecule has 2 amide bonds. The van der Waals surface area contributed by atoms with Crippen molar-refractivity contribution in [2.45, 2.75) is 47.5 Å². The van der Waals surface area contributed by atoms with Crippen LogP contribution < -0.4 is 4.74 Å². The number of nitrogens with zero attached hydrogens (tertiary/aromatic N) is 2. The van der Waals surface area contributed by atoms with Gasteiger partial charge in [-0.1, -0.05) is 46.8 Å². The zero-order chi connectivity index (χ0) is 19.5. The number of piperazine rings is 1. The summed E-state index contributed by atoms with van der Waals surface area (Å²) in [4.78, 5) is 28.5. The molecule has 0 atom stereocenters. The van der Waals surface area contributed by atoms with Crippen LogP contribution in [-0.2, 0) is 9.59 Å². The van der Waals surface area contributed by atoms with Gasteiger partial charge < -0.3 is 14.5 Å². The van der Waals surface area contributed by atoms with Gasteiger partial charge in [-0.05, 0) is 30.0 Å². The van der Waals surface area contributed by atoms with Crippen LogP contribution in [0.4, 0.5) is 0 Å². The van der Waals surface area contributed by atoms with E-state index in [9.17, 15) is 9.59 Å². The summed E-state index contributed by atoms with van der Waals surface area (Å²) in [5.41, 5.74) is 1.85. The minimum atomic E-state index is -0.381. The summed E-state index contributed by atoms with van der Waals surface area (Å²) in [6.07, 6.45) is 0. The van der Waals surface area contributed by atoms with Gasteiger partial charge in [0, 0.05) is 31.6 Å². The molecule has 5 heteroatoms. The van der Waals surface area contributed by atoms with Crippen molar-refractivity contribution in [1.82, 2.24) is 9.80 Å². The lowest BCUT2D eigenvalue weighted by molar-refractivity contribution is -0.145. The summed E-state index contributed by atoms with van der Waals surface area (Å²) < 4.78 is 5.85. The molecular formula is C21H32N2O3. The lowest BCUT2D eigenvalue weighted by Gasteiger charge is -2.37. The van der Waals surface area contributed by atoms with Crippen LogP contribution in [0.15, 0.2) is 18.2 Å². The van der Waals surface area contributed by atoms with E-state index in [0.717, 1.165) is 16.9 Å². The van der Waals surface area contributed by atoms with Gasteiger partial charge in [0.1, 0.15) is 5.75 Å². The van der Waals surface area contributed by atoms with Crippen molar-refractivity contribution < 1.29 is 14.3 Å². The summed E-state index contributed by atoms with van der Waals surface area (Å²) in [6.45, 7) is 14.4. The average molecular weight is 360 g/mol. The van der Waals surface area contributed by atoms with Crippen molar-refractivity contribution in [3.63, 3.8) is 0 Å². The number of hydrogen-bond acceptors (Lipinski definition) is 3. The first kappa shape index (κ1) is 20.3. The Labute approximate surface area is 157 Å². The van der Waals surface area contributed by atoms with Gasteiger partial charge in [0.05, 0.1) is 0 Å². The van der Waals surface area contributed by atoms with Crippen molar-refractivity contribution in [3.8, 4) is 5.75 Å². The Balaban J connectivity index is 1.91. The molecule has 5 nitrogen and oxygen atoms in total. The Morgan fingerprint density at radius 2 is 1.65 bits per heavy atom. The number of aryl methyl sites for hydroxylation is 1. The fraction of sp³-hybridized carbons (Fsp3) is 0.619. The van der Waals surface area contributed by atoms with Crippen LogP contribution in [0.1, 0.15) is 51.7 Å². The largest absolute Gasteiger partial charge is 0.483 e. The lowest BCUT2D eigenvalue weighted by Crippen LogP contribution is -2.53. The van der Waals surface area contributed by atoms with Gasteiger partial charge in [-0.25, -0.2) is 0 Å². The Kier molecular flexibility index (Phi) is 6.32. The molecule has 1 heterocycles. The third-order valence-corrected chi connectivity index (χ3v) is 4.70. The molecule has 1 aromatic rings. The molecule has 0 saturated carbocycles. The standard InChI is InChI=1S/C21H32N2O3/c1-15(2)17-8-7-16(3)13-18(17)26-14-19(24)22-9-11-23(12-10-22)20(25)21(4,5)6/h7-8,13,15H,9-12,14H2,1-6H3. The van der Waals surface area contributed by atoms with Crippen molar-refractivity contribution in [1.29, 1.82) is 0 Å². The molecule has 2 rings (SSSR count). The quantitative estimate of drug-likeness (QED) is 0.828. The normalized spacial score (nSPS) is 15.3. The van der Waals surface area contributed by atoms with Gasteiger partial charge in [-0.15, -0.1) is 0 Å². The first-order chi connectivity index (χ1) is 12.1. The van der Waals surface area contributed by atoms with E-state index in [1.54, 1.807) is 4.90 Å².